The van der Waals surface area contributed by atoms with Crippen molar-refractivity contribution in [3.05, 3.63) is 11.4 Å². The smallest absolute Gasteiger partial charge is 0.238 e. The van der Waals surface area contributed by atoms with Gasteiger partial charge in [0.15, 0.2) is 0 Å². The summed E-state index contributed by atoms with van der Waals surface area (Å²) in [6.07, 6.45) is 0. The van der Waals surface area contributed by atoms with Crippen LogP contribution < -0.4 is 5.32 Å². The zero-order valence-electron chi connectivity index (χ0n) is 11.7. The van der Waals surface area contributed by atoms with Gasteiger partial charge in [-0.25, -0.2) is 0 Å². The topological polar surface area (TPSA) is 70.4 Å². The zero-order chi connectivity index (χ0) is 13.9. The molecular formula is C12H22N4O2. The van der Waals surface area contributed by atoms with Crippen LogP contribution in [0.1, 0.15) is 18.3 Å². The third-order valence-electron chi connectivity index (χ3n) is 3.18. The number of carbonyl (C=O) groups excluding carboxylic acids is 1. The van der Waals surface area contributed by atoms with E-state index in [0.717, 1.165) is 17.1 Å². The number of aromatic nitrogens is 2. The van der Waals surface area contributed by atoms with E-state index in [1.54, 1.807) is 9.58 Å². The Kier molecular flexibility index (Phi) is 4.86. The Balaban J connectivity index is 2.65. The largest absolute Gasteiger partial charge is 0.395 e. The Morgan fingerprint density at radius 1 is 1.56 bits per heavy atom. The Morgan fingerprint density at radius 3 is 2.61 bits per heavy atom. The van der Waals surface area contributed by atoms with Crippen molar-refractivity contribution in [2.45, 2.75) is 26.8 Å². The fourth-order valence-electron chi connectivity index (χ4n) is 1.66. The van der Waals surface area contributed by atoms with E-state index in [1.165, 1.54) is 0 Å². The molecule has 2 N–H and O–H groups in total. The minimum atomic E-state index is -0.100. The standard InChI is InChI=1S/C12H22N4O2/c1-8(7-17)15(4)6-11(18)13-12-9(2)14-16(5)10(12)3/h8,17H,6-7H2,1-5H3,(H,13,18). The molecule has 0 bridgehead atoms. The van der Waals surface area contributed by atoms with Crippen molar-refractivity contribution in [3.8, 4) is 0 Å². The van der Waals surface area contributed by atoms with Crippen LogP contribution in [0.3, 0.4) is 0 Å². The lowest BCUT2D eigenvalue weighted by atomic mass is 10.3. The average Bonchev–Trinajstić information content (AvgIpc) is 2.54. The molecule has 0 aliphatic rings. The number of anilines is 1. The zero-order valence-corrected chi connectivity index (χ0v) is 11.7. The molecule has 0 aliphatic heterocycles. The number of likely N-dealkylation sites (N-methyl/N-ethyl adjacent to an activating group) is 1. The molecule has 0 radical (unpaired) electrons. The summed E-state index contributed by atoms with van der Waals surface area (Å²) in [4.78, 5) is 13.7. The van der Waals surface area contributed by atoms with Gasteiger partial charge >= 0.3 is 0 Å². The number of nitrogens with one attached hydrogen (secondary N) is 1. The molecule has 0 fully saturated rings. The van der Waals surface area contributed by atoms with Crippen molar-refractivity contribution in [2.75, 3.05) is 25.5 Å². The second kappa shape index (κ2) is 5.97. The van der Waals surface area contributed by atoms with Crippen LogP contribution in [0.4, 0.5) is 5.69 Å². The van der Waals surface area contributed by atoms with Gasteiger partial charge in [0, 0.05) is 13.1 Å². The summed E-state index contributed by atoms with van der Waals surface area (Å²) in [7, 11) is 3.65. The number of aliphatic hydroxyl groups excluding tert-OH is 1. The molecule has 0 saturated carbocycles. The molecule has 1 atom stereocenters. The Hall–Kier alpha value is -1.40. The van der Waals surface area contributed by atoms with E-state index in [2.05, 4.69) is 10.4 Å². The normalized spacial score (nSPS) is 12.8. The van der Waals surface area contributed by atoms with Gasteiger partial charge in [-0.05, 0) is 27.8 Å². The highest BCUT2D eigenvalue weighted by molar-refractivity contribution is 5.93. The molecular weight excluding hydrogens is 232 g/mol. The summed E-state index contributed by atoms with van der Waals surface area (Å²) in [5.41, 5.74) is 2.51. The molecule has 6 heteroatoms. The number of hydrogen-bond donors (Lipinski definition) is 2. The molecule has 1 heterocycles. The van der Waals surface area contributed by atoms with Crippen LogP contribution in [0.25, 0.3) is 0 Å². The van der Waals surface area contributed by atoms with E-state index in [9.17, 15) is 4.79 Å². The minimum Gasteiger partial charge on any atom is -0.395 e. The minimum absolute atomic E-state index is 0.0353. The molecule has 0 aromatic carbocycles. The first kappa shape index (κ1) is 14.7. The molecule has 1 rings (SSSR count). The molecule has 1 aromatic rings. The van der Waals surface area contributed by atoms with Crippen LogP contribution in [0.2, 0.25) is 0 Å². The molecule has 18 heavy (non-hydrogen) atoms. The molecule has 1 aromatic heterocycles. The maximum Gasteiger partial charge on any atom is 0.238 e. The second-order valence-corrected chi connectivity index (χ2v) is 4.66. The van der Waals surface area contributed by atoms with Crippen LogP contribution >= 0.6 is 0 Å². The van der Waals surface area contributed by atoms with Crippen molar-refractivity contribution in [3.63, 3.8) is 0 Å². The van der Waals surface area contributed by atoms with E-state index < -0.39 is 0 Å². The van der Waals surface area contributed by atoms with Crippen molar-refractivity contribution >= 4 is 11.6 Å². The summed E-state index contributed by atoms with van der Waals surface area (Å²) in [5.74, 6) is -0.100. The third-order valence-corrected chi connectivity index (χ3v) is 3.18. The maximum atomic E-state index is 11.9. The van der Waals surface area contributed by atoms with Gasteiger partial charge in [-0.1, -0.05) is 0 Å². The summed E-state index contributed by atoms with van der Waals surface area (Å²) in [6, 6.07) is -0.0353. The number of rotatable bonds is 5. The van der Waals surface area contributed by atoms with Crippen LogP contribution in [-0.2, 0) is 11.8 Å². The van der Waals surface area contributed by atoms with E-state index in [0.29, 0.717) is 0 Å². The lowest BCUT2D eigenvalue weighted by molar-refractivity contribution is -0.117. The number of nitrogens with zero attached hydrogens (tertiary/aromatic N) is 3. The lowest BCUT2D eigenvalue weighted by Gasteiger charge is -2.21. The highest BCUT2D eigenvalue weighted by atomic mass is 16.3. The first-order valence-electron chi connectivity index (χ1n) is 5.98. The highest BCUT2D eigenvalue weighted by Gasteiger charge is 2.15. The maximum absolute atomic E-state index is 11.9. The Labute approximate surface area is 108 Å². The predicted molar refractivity (Wildman–Crippen MR) is 70.5 cm³/mol. The van der Waals surface area contributed by atoms with Crippen molar-refractivity contribution < 1.29 is 9.90 Å². The van der Waals surface area contributed by atoms with Crippen molar-refractivity contribution in [1.29, 1.82) is 0 Å². The number of carbonyl (C=O) groups is 1. The number of aryl methyl sites for hydroxylation is 2. The average molecular weight is 254 g/mol. The van der Waals surface area contributed by atoms with Crippen LogP contribution in [0.5, 0.6) is 0 Å². The first-order chi connectivity index (χ1) is 8.36. The van der Waals surface area contributed by atoms with Gasteiger partial charge in [0.2, 0.25) is 5.91 Å². The number of amides is 1. The Bertz CT molecular complexity index is 428. The Morgan fingerprint density at radius 2 is 2.17 bits per heavy atom. The quantitative estimate of drug-likeness (QED) is 0.792. The summed E-state index contributed by atoms with van der Waals surface area (Å²) < 4.78 is 1.74. The fourth-order valence-corrected chi connectivity index (χ4v) is 1.66. The van der Waals surface area contributed by atoms with Gasteiger partial charge in [-0.15, -0.1) is 0 Å². The monoisotopic (exact) mass is 254 g/mol. The van der Waals surface area contributed by atoms with E-state index in [4.69, 9.17) is 5.11 Å². The molecule has 0 spiro atoms. The molecule has 102 valence electrons. The molecule has 6 nitrogen and oxygen atoms in total. The molecule has 1 amide bonds. The van der Waals surface area contributed by atoms with Crippen molar-refractivity contribution in [2.24, 2.45) is 7.05 Å². The van der Waals surface area contributed by atoms with Gasteiger partial charge in [0.05, 0.1) is 30.2 Å². The van der Waals surface area contributed by atoms with E-state index in [-0.39, 0.29) is 25.1 Å². The van der Waals surface area contributed by atoms with Crippen molar-refractivity contribution in [1.82, 2.24) is 14.7 Å². The summed E-state index contributed by atoms with van der Waals surface area (Å²) in [5, 5.41) is 16.1. The van der Waals surface area contributed by atoms with E-state index >= 15 is 0 Å². The molecule has 1 unspecified atom stereocenters. The van der Waals surface area contributed by atoms with Gasteiger partial charge in [-0.2, -0.15) is 5.10 Å². The molecule has 0 saturated heterocycles. The van der Waals surface area contributed by atoms with Crippen LogP contribution in [0, 0.1) is 13.8 Å². The predicted octanol–water partition coefficient (Wildman–Crippen LogP) is 0.288. The lowest BCUT2D eigenvalue weighted by Crippen LogP contribution is -2.38. The van der Waals surface area contributed by atoms with Gasteiger partial charge in [0.25, 0.3) is 0 Å². The van der Waals surface area contributed by atoms with Gasteiger partial charge in [0.1, 0.15) is 0 Å². The van der Waals surface area contributed by atoms with Crippen LogP contribution in [0.15, 0.2) is 0 Å². The van der Waals surface area contributed by atoms with Crippen LogP contribution in [-0.4, -0.2) is 51.9 Å². The third kappa shape index (κ3) is 3.30. The second-order valence-electron chi connectivity index (χ2n) is 4.66. The summed E-state index contributed by atoms with van der Waals surface area (Å²) >= 11 is 0. The number of hydrogen-bond acceptors (Lipinski definition) is 4. The first-order valence-corrected chi connectivity index (χ1v) is 5.98. The highest BCUT2D eigenvalue weighted by Crippen LogP contribution is 2.18. The fraction of sp³-hybridized carbons (Fsp3) is 0.667. The van der Waals surface area contributed by atoms with E-state index in [1.807, 2.05) is 34.9 Å². The number of aliphatic hydroxyl groups is 1. The SMILES string of the molecule is Cc1nn(C)c(C)c1NC(=O)CN(C)C(C)CO. The van der Waals surface area contributed by atoms with Gasteiger partial charge < -0.3 is 10.4 Å². The van der Waals surface area contributed by atoms with Gasteiger partial charge in [-0.3, -0.25) is 14.4 Å². The molecule has 0 aliphatic carbocycles. The summed E-state index contributed by atoms with van der Waals surface area (Å²) in [6.45, 7) is 5.93.